The zero-order chi connectivity index (χ0) is 13.7. The van der Waals surface area contributed by atoms with E-state index >= 15 is 0 Å². The van der Waals surface area contributed by atoms with Gasteiger partial charge in [0.15, 0.2) is 0 Å². The highest BCUT2D eigenvalue weighted by molar-refractivity contribution is 6.46. The smallest absolute Gasteiger partial charge is 0.296 e. The molecule has 0 saturated heterocycles. The number of carbonyl (C=O) groups is 2. The lowest BCUT2D eigenvalue weighted by Gasteiger charge is -2.04. The third kappa shape index (κ3) is 3.28. The minimum Gasteiger partial charge on any atom is -0.319 e. The summed E-state index contributed by atoms with van der Waals surface area (Å²) in [5.41, 5.74) is 2.16. The second-order valence-corrected chi connectivity index (χ2v) is 4.20. The van der Waals surface area contributed by atoms with Crippen molar-refractivity contribution in [2.75, 3.05) is 5.32 Å². The zero-order valence-corrected chi connectivity index (χ0v) is 10.7. The Labute approximate surface area is 112 Å². The van der Waals surface area contributed by atoms with Gasteiger partial charge >= 0.3 is 0 Å². The van der Waals surface area contributed by atoms with Gasteiger partial charge in [-0.3, -0.25) is 9.59 Å². The molecule has 0 atom stereocenters. The number of anilines is 1. The van der Waals surface area contributed by atoms with E-state index in [1.807, 2.05) is 25.1 Å². The van der Waals surface area contributed by atoms with E-state index in [1.54, 1.807) is 36.4 Å². The number of hydrogen-bond acceptors (Lipinski definition) is 2. The number of Topliss-reactive ketones (excluding diaryl/α,β-unsaturated/α-hetero) is 1. The van der Waals surface area contributed by atoms with Gasteiger partial charge in [-0.15, -0.1) is 0 Å². The second kappa shape index (κ2) is 5.96. The van der Waals surface area contributed by atoms with Gasteiger partial charge in [-0.2, -0.15) is 0 Å². The first-order valence-electron chi connectivity index (χ1n) is 6.20. The number of rotatable bonds is 4. The van der Waals surface area contributed by atoms with Crippen LogP contribution in [0.4, 0.5) is 5.69 Å². The quantitative estimate of drug-likeness (QED) is 0.672. The van der Waals surface area contributed by atoms with E-state index in [0.29, 0.717) is 11.3 Å². The fraction of sp³-hybridized carbons (Fsp3) is 0.125. The van der Waals surface area contributed by atoms with Crippen molar-refractivity contribution in [3.8, 4) is 0 Å². The molecule has 2 aromatic carbocycles. The number of aryl methyl sites for hydroxylation is 1. The molecule has 2 aromatic rings. The average Bonchev–Trinajstić information content (AvgIpc) is 2.47. The van der Waals surface area contributed by atoms with Gasteiger partial charge in [0.05, 0.1) is 0 Å². The van der Waals surface area contributed by atoms with Crippen LogP contribution in [-0.4, -0.2) is 11.7 Å². The van der Waals surface area contributed by atoms with Gasteiger partial charge in [0.2, 0.25) is 0 Å². The molecule has 0 saturated carbocycles. The third-order valence-electron chi connectivity index (χ3n) is 2.86. The van der Waals surface area contributed by atoms with Crippen LogP contribution in [-0.2, 0) is 11.2 Å². The Morgan fingerprint density at radius 3 is 2.16 bits per heavy atom. The molecule has 0 fully saturated rings. The Morgan fingerprint density at radius 2 is 1.58 bits per heavy atom. The molecule has 1 amide bonds. The topological polar surface area (TPSA) is 46.2 Å². The van der Waals surface area contributed by atoms with Crippen LogP contribution in [0.15, 0.2) is 54.6 Å². The minimum absolute atomic E-state index is 0.408. The van der Waals surface area contributed by atoms with Crippen LogP contribution in [0.2, 0.25) is 0 Å². The fourth-order valence-electron chi connectivity index (χ4n) is 1.73. The molecule has 3 heteroatoms. The highest BCUT2D eigenvalue weighted by Crippen LogP contribution is 2.09. The number of carbonyl (C=O) groups excluding carboxylic acids is 2. The van der Waals surface area contributed by atoms with Gasteiger partial charge < -0.3 is 5.32 Å². The highest BCUT2D eigenvalue weighted by atomic mass is 16.2. The van der Waals surface area contributed by atoms with Crippen LogP contribution >= 0.6 is 0 Å². The predicted octanol–water partition coefficient (Wildman–Crippen LogP) is 3.07. The summed E-state index contributed by atoms with van der Waals surface area (Å²) < 4.78 is 0. The lowest BCUT2D eigenvalue weighted by molar-refractivity contribution is -0.112. The lowest BCUT2D eigenvalue weighted by atomic mass is 10.1. The van der Waals surface area contributed by atoms with Crippen molar-refractivity contribution in [3.63, 3.8) is 0 Å². The normalized spacial score (nSPS) is 9.95. The Balaban J connectivity index is 2.08. The molecule has 0 spiro atoms. The van der Waals surface area contributed by atoms with Crippen molar-refractivity contribution >= 4 is 17.4 Å². The number of benzene rings is 2. The van der Waals surface area contributed by atoms with E-state index in [2.05, 4.69) is 5.32 Å². The molecule has 19 heavy (non-hydrogen) atoms. The van der Waals surface area contributed by atoms with Gasteiger partial charge in [-0.05, 0) is 24.1 Å². The average molecular weight is 253 g/mol. The summed E-state index contributed by atoms with van der Waals surface area (Å²) in [6, 6.07) is 16.0. The molecule has 96 valence electrons. The Bertz CT molecular complexity index is 573. The number of hydrogen-bond donors (Lipinski definition) is 1. The van der Waals surface area contributed by atoms with E-state index in [9.17, 15) is 9.59 Å². The Hall–Kier alpha value is -2.42. The molecule has 1 N–H and O–H groups in total. The summed E-state index contributed by atoms with van der Waals surface area (Å²) in [5, 5.41) is 2.58. The molecule has 0 bridgehead atoms. The summed E-state index contributed by atoms with van der Waals surface area (Å²) in [5.74, 6) is -1.14. The Morgan fingerprint density at radius 1 is 0.947 bits per heavy atom. The van der Waals surface area contributed by atoms with Crippen molar-refractivity contribution < 1.29 is 9.59 Å². The zero-order valence-electron chi connectivity index (χ0n) is 10.7. The molecule has 0 aliphatic carbocycles. The monoisotopic (exact) mass is 253 g/mol. The summed E-state index contributed by atoms with van der Waals surface area (Å²) in [6.45, 7) is 2.04. The van der Waals surface area contributed by atoms with E-state index in [1.165, 1.54) is 0 Å². The van der Waals surface area contributed by atoms with Gasteiger partial charge in [-0.1, -0.05) is 49.4 Å². The van der Waals surface area contributed by atoms with Crippen LogP contribution in [0.1, 0.15) is 22.8 Å². The maximum atomic E-state index is 11.9. The SMILES string of the molecule is CCc1ccc(C(=O)C(=O)Nc2ccccc2)cc1. The molecule has 2 rings (SSSR count). The van der Waals surface area contributed by atoms with Crippen molar-refractivity contribution in [1.82, 2.24) is 0 Å². The summed E-state index contributed by atoms with van der Waals surface area (Å²) in [6.07, 6.45) is 0.907. The number of ketones is 1. The molecular weight excluding hydrogens is 238 g/mol. The highest BCUT2D eigenvalue weighted by Gasteiger charge is 2.15. The minimum atomic E-state index is -0.615. The molecule has 0 radical (unpaired) electrons. The van der Waals surface area contributed by atoms with Gasteiger partial charge in [0.1, 0.15) is 0 Å². The van der Waals surface area contributed by atoms with Gasteiger partial charge in [0, 0.05) is 11.3 Å². The van der Waals surface area contributed by atoms with Crippen LogP contribution in [0.3, 0.4) is 0 Å². The molecule has 0 aliphatic heterocycles. The van der Waals surface area contributed by atoms with Crippen molar-refractivity contribution in [2.45, 2.75) is 13.3 Å². The first-order valence-corrected chi connectivity index (χ1v) is 6.20. The maximum Gasteiger partial charge on any atom is 0.296 e. The summed E-state index contributed by atoms with van der Waals surface area (Å²) >= 11 is 0. The second-order valence-electron chi connectivity index (χ2n) is 4.20. The molecule has 0 aromatic heterocycles. The predicted molar refractivity (Wildman–Crippen MR) is 75.2 cm³/mol. The van der Waals surface area contributed by atoms with Crippen LogP contribution in [0.25, 0.3) is 0 Å². The van der Waals surface area contributed by atoms with E-state index < -0.39 is 11.7 Å². The van der Waals surface area contributed by atoms with E-state index in [-0.39, 0.29) is 0 Å². The number of nitrogens with one attached hydrogen (secondary N) is 1. The standard InChI is InChI=1S/C16H15NO2/c1-2-12-8-10-13(11-9-12)15(18)16(19)17-14-6-4-3-5-7-14/h3-11H,2H2,1H3,(H,17,19). The van der Waals surface area contributed by atoms with Crippen molar-refractivity contribution in [1.29, 1.82) is 0 Å². The largest absolute Gasteiger partial charge is 0.319 e. The first-order chi connectivity index (χ1) is 9.20. The van der Waals surface area contributed by atoms with Crippen LogP contribution < -0.4 is 5.32 Å². The molecule has 3 nitrogen and oxygen atoms in total. The number of para-hydroxylation sites is 1. The summed E-state index contributed by atoms with van der Waals surface area (Å²) in [4.78, 5) is 23.7. The fourth-order valence-corrected chi connectivity index (χ4v) is 1.73. The van der Waals surface area contributed by atoms with Gasteiger partial charge in [0.25, 0.3) is 11.7 Å². The van der Waals surface area contributed by atoms with Gasteiger partial charge in [-0.25, -0.2) is 0 Å². The first kappa shape index (κ1) is 13.0. The van der Waals surface area contributed by atoms with Crippen LogP contribution in [0.5, 0.6) is 0 Å². The molecule has 0 heterocycles. The van der Waals surface area contributed by atoms with E-state index in [4.69, 9.17) is 0 Å². The van der Waals surface area contributed by atoms with Crippen molar-refractivity contribution in [3.05, 3.63) is 65.7 Å². The van der Waals surface area contributed by atoms with E-state index in [0.717, 1.165) is 12.0 Å². The van der Waals surface area contributed by atoms with Crippen LogP contribution in [0, 0.1) is 0 Å². The van der Waals surface area contributed by atoms with Crippen molar-refractivity contribution in [2.24, 2.45) is 0 Å². The molecule has 0 unspecified atom stereocenters. The maximum absolute atomic E-state index is 11.9. The summed E-state index contributed by atoms with van der Waals surface area (Å²) in [7, 11) is 0. The molecule has 0 aliphatic rings. The third-order valence-corrected chi connectivity index (χ3v) is 2.86. The lowest BCUT2D eigenvalue weighted by Crippen LogP contribution is -2.22. The number of amides is 1. The Kier molecular flexibility index (Phi) is 4.08. The molecular formula is C16H15NO2.